The number of amides is 2. The number of nitrogens with zero attached hydrogens (tertiary/aromatic N) is 3. The van der Waals surface area contributed by atoms with Gasteiger partial charge < -0.3 is 26.0 Å². The van der Waals surface area contributed by atoms with Crippen LogP contribution in [0.2, 0.25) is 0 Å². The maximum atomic E-state index is 14.4. The Morgan fingerprint density at radius 3 is 2.44 bits per heavy atom. The van der Waals surface area contributed by atoms with Crippen LogP contribution in [-0.4, -0.2) is 71.0 Å². The lowest BCUT2D eigenvalue weighted by molar-refractivity contribution is -0.124. The monoisotopic (exact) mass is 498 g/mol. The molecule has 2 aliphatic rings. The first-order chi connectivity index (χ1) is 17.2. The number of nitrogens with one attached hydrogen (secondary N) is 3. The standard InChI is InChI=1S/C25H31FN6O4/c1-15(33)21(34)20-18(26)4-3-5-19(20)32-10-6-16(7-11-32)12-28-23(36)25(8-9-25)31-22(35)17-13-29-24(27-2)30-14-17/h3-5,13-16,33H,6-12H2,1-2H3,(H,28,36)(H,31,35)(H,27,29,30). The van der Waals surface area contributed by atoms with E-state index in [-0.39, 0.29) is 23.0 Å². The minimum Gasteiger partial charge on any atom is -0.385 e. The molecule has 1 saturated carbocycles. The smallest absolute Gasteiger partial charge is 0.255 e. The van der Waals surface area contributed by atoms with Crippen LogP contribution in [0, 0.1) is 11.7 Å². The highest BCUT2D eigenvalue weighted by atomic mass is 19.1. The average molecular weight is 499 g/mol. The number of Topliss-reactive ketones (excluding diaryl/α,β-unsaturated/α-hetero) is 1. The Hall–Kier alpha value is -3.60. The third kappa shape index (κ3) is 5.46. The molecule has 2 aromatic rings. The number of ketones is 1. The molecule has 1 atom stereocenters. The molecule has 0 spiro atoms. The van der Waals surface area contributed by atoms with E-state index in [1.54, 1.807) is 19.2 Å². The Morgan fingerprint density at radius 1 is 1.19 bits per heavy atom. The first-order valence-corrected chi connectivity index (χ1v) is 12.1. The molecule has 192 valence electrons. The zero-order valence-electron chi connectivity index (χ0n) is 20.4. The van der Waals surface area contributed by atoms with Crippen LogP contribution in [-0.2, 0) is 4.79 Å². The van der Waals surface area contributed by atoms with Crippen molar-refractivity contribution in [2.75, 3.05) is 36.9 Å². The number of anilines is 2. The van der Waals surface area contributed by atoms with Crippen LogP contribution in [0.25, 0.3) is 0 Å². The Bertz CT molecular complexity index is 1130. The van der Waals surface area contributed by atoms with Crippen LogP contribution in [0.5, 0.6) is 0 Å². The summed E-state index contributed by atoms with van der Waals surface area (Å²) in [7, 11) is 1.68. The van der Waals surface area contributed by atoms with Crippen LogP contribution in [0.4, 0.5) is 16.0 Å². The van der Waals surface area contributed by atoms with Crippen LogP contribution < -0.4 is 20.9 Å². The second-order valence-corrected chi connectivity index (χ2v) is 9.40. The molecule has 4 N–H and O–H groups in total. The SMILES string of the molecule is CNc1ncc(C(=O)NC2(C(=O)NCC3CCN(c4cccc(F)c4C(=O)C(C)O)CC3)CC2)cn1. The molecule has 11 heteroatoms. The van der Waals surface area contributed by atoms with E-state index in [2.05, 4.69) is 25.9 Å². The number of halogens is 1. The molecule has 1 aromatic heterocycles. The predicted octanol–water partition coefficient (Wildman–Crippen LogP) is 1.52. The number of carbonyl (C=O) groups is 3. The molecular formula is C25H31FN6O4. The minimum atomic E-state index is -1.29. The fourth-order valence-electron chi connectivity index (χ4n) is 4.41. The highest BCUT2D eigenvalue weighted by Crippen LogP contribution is 2.36. The molecule has 0 bridgehead atoms. The molecule has 2 heterocycles. The summed E-state index contributed by atoms with van der Waals surface area (Å²) in [5, 5.41) is 18.3. The van der Waals surface area contributed by atoms with Gasteiger partial charge in [0, 0.05) is 39.1 Å². The Kier molecular flexibility index (Phi) is 7.48. The van der Waals surface area contributed by atoms with E-state index in [1.807, 2.05) is 4.90 Å². The topological polar surface area (TPSA) is 137 Å². The quantitative estimate of drug-likeness (QED) is 0.382. The van der Waals surface area contributed by atoms with Gasteiger partial charge in [0.25, 0.3) is 5.91 Å². The number of aliphatic hydroxyl groups is 1. The van der Waals surface area contributed by atoms with Crippen molar-refractivity contribution in [2.45, 2.75) is 44.2 Å². The summed E-state index contributed by atoms with van der Waals surface area (Å²) in [6.07, 6.45) is 4.16. The van der Waals surface area contributed by atoms with Crippen molar-refractivity contribution in [2.24, 2.45) is 5.92 Å². The van der Waals surface area contributed by atoms with Gasteiger partial charge in [0.05, 0.1) is 16.8 Å². The third-order valence-corrected chi connectivity index (χ3v) is 6.80. The Balaban J connectivity index is 1.29. The van der Waals surface area contributed by atoms with Crippen LogP contribution >= 0.6 is 0 Å². The molecule has 4 rings (SSSR count). The molecule has 0 radical (unpaired) electrons. The fraction of sp³-hybridized carbons (Fsp3) is 0.480. The van der Waals surface area contributed by atoms with E-state index in [0.29, 0.717) is 44.1 Å². The number of rotatable bonds is 9. The number of carbonyl (C=O) groups excluding carboxylic acids is 3. The van der Waals surface area contributed by atoms with Crippen LogP contribution in [0.1, 0.15) is 53.3 Å². The normalized spacial score (nSPS) is 17.7. The largest absolute Gasteiger partial charge is 0.385 e. The average Bonchev–Trinajstić information content (AvgIpc) is 3.67. The first-order valence-electron chi connectivity index (χ1n) is 12.1. The van der Waals surface area contributed by atoms with Crippen molar-refractivity contribution in [3.8, 4) is 0 Å². The fourth-order valence-corrected chi connectivity index (χ4v) is 4.41. The summed E-state index contributed by atoms with van der Waals surface area (Å²) in [4.78, 5) is 47.8. The summed E-state index contributed by atoms with van der Waals surface area (Å²) >= 11 is 0. The van der Waals surface area contributed by atoms with Crippen molar-refractivity contribution in [1.82, 2.24) is 20.6 Å². The number of aliphatic hydroxyl groups excluding tert-OH is 1. The predicted molar refractivity (Wildman–Crippen MR) is 131 cm³/mol. The highest BCUT2D eigenvalue weighted by molar-refractivity contribution is 6.04. The second kappa shape index (κ2) is 10.6. The van der Waals surface area contributed by atoms with Crippen molar-refractivity contribution in [1.29, 1.82) is 0 Å². The molecule has 1 aromatic carbocycles. The molecule has 2 amide bonds. The van der Waals surface area contributed by atoms with Crippen molar-refractivity contribution < 1.29 is 23.9 Å². The summed E-state index contributed by atoms with van der Waals surface area (Å²) in [5.74, 6) is -1.27. The molecule has 1 aliphatic carbocycles. The number of benzene rings is 1. The van der Waals surface area contributed by atoms with Crippen molar-refractivity contribution >= 4 is 29.2 Å². The van der Waals surface area contributed by atoms with Gasteiger partial charge >= 0.3 is 0 Å². The maximum Gasteiger partial charge on any atom is 0.255 e. The van der Waals surface area contributed by atoms with Crippen molar-refractivity contribution in [3.05, 3.63) is 47.5 Å². The minimum absolute atomic E-state index is 0.0864. The van der Waals surface area contributed by atoms with Crippen LogP contribution in [0.3, 0.4) is 0 Å². The van der Waals surface area contributed by atoms with Gasteiger partial charge in [0.1, 0.15) is 17.5 Å². The lowest BCUT2D eigenvalue weighted by atomic mass is 9.94. The molecule has 1 saturated heterocycles. The van der Waals surface area contributed by atoms with Gasteiger partial charge in [-0.2, -0.15) is 0 Å². The summed E-state index contributed by atoms with van der Waals surface area (Å²) in [6.45, 7) is 2.98. The molecular weight excluding hydrogens is 467 g/mol. The maximum absolute atomic E-state index is 14.4. The molecule has 1 aliphatic heterocycles. The molecule has 10 nitrogen and oxygen atoms in total. The van der Waals surface area contributed by atoms with E-state index in [9.17, 15) is 23.9 Å². The van der Waals surface area contributed by atoms with E-state index in [1.165, 1.54) is 25.4 Å². The summed E-state index contributed by atoms with van der Waals surface area (Å²) in [6, 6.07) is 4.47. The number of hydrogen-bond donors (Lipinski definition) is 4. The van der Waals surface area contributed by atoms with Gasteiger partial charge in [-0.05, 0) is 50.7 Å². The first kappa shape index (κ1) is 25.5. The Morgan fingerprint density at radius 2 is 1.86 bits per heavy atom. The third-order valence-electron chi connectivity index (χ3n) is 6.80. The van der Waals surface area contributed by atoms with Gasteiger partial charge in [-0.25, -0.2) is 14.4 Å². The number of aromatic nitrogens is 2. The van der Waals surface area contributed by atoms with Gasteiger partial charge in [0.2, 0.25) is 11.9 Å². The highest BCUT2D eigenvalue weighted by Gasteiger charge is 2.51. The van der Waals surface area contributed by atoms with E-state index >= 15 is 0 Å². The summed E-state index contributed by atoms with van der Waals surface area (Å²) < 4.78 is 14.4. The number of piperidine rings is 1. The van der Waals surface area contributed by atoms with Gasteiger partial charge in [-0.15, -0.1) is 0 Å². The van der Waals surface area contributed by atoms with Gasteiger partial charge in [-0.3, -0.25) is 14.4 Å². The van der Waals surface area contributed by atoms with Gasteiger partial charge in [0.15, 0.2) is 5.78 Å². The lowest BCUT2D eigenvalue weighted by Gasteiger charge is -2.35. The molecule has 1 unspecified atom stereocenters. The van der Waals surface area contributed by atoms with E-state index in [4.69, 9.17) is 0 Å². The van der Waals surface area contributed by atoms with E-state index < -0.39 is 29.2 Å². The summed E-state index contributed by atoms with van der Waals surface area (Å²) in [5.41, 5.74) is -0.227. The van der Waals surface area contributed by atoms with Gasteiger partial charge in [-0.1, -0.05) is 6.07 Å². The second-order valence-electron chi connectivity index (χ2n) is 9.40. The molecule has 36 heavy (non-hydrogen) atoms. The van der Waals surface area contributed by atoms with E-state index in [0.717, 1.165) is 12.8 Å². The van der Waals surface area contributed by atoms with Crippen molar-refractivity contribution in [3.63, 3.8) is 0 Å². The lowest BCUT2D eigenvalue weighted by Crippen LogP contribution is -2.50. The van der Waals surface area contributed by atoms with Crippen LogP contribution in [0.15, 0.2) is 30.6 Å². The zero-order valence-corrected chi connectivity index (χ0v) is 20.4. The Labute approximate surface area is 208 Å². The number of hydrogen-bond acceptors (Lipinski definition) is 8. The zero-order chi connectivity index (χ0) is 25.9. The molecule has 2 fully saturated rings.